The summed E-state index contributed by atoms with van der Waals surface area (Å²) in [5.41, 5.74) is -2.26. The number of thioether (sulfide) groups is 1. The van der Waals surface area contributed by atoms with Crippen molar-refractivity contribution in [1.29, 1.82) is 0 Å². The molecule has 2 N–H and O–H groups in total. The standard InChI is InChI=1S/C24H22F3N3O5S/c1-23(2,3)35-17(31)10-29-21(33)18-20(32)13-5-4-6-14-19(13)30(22(18)34)11-15(36-14)12-7-8-16(28-9-12)24(25,26)27/h4-9,15,32H,10-11H2,1-3H3,(H,29,33). The smallest absolute Gasteiger partial charge is 0.433 e. The fraction of sp³-hybridized carbons (Fsp3) is 0.333. The number of aromatic hydroxyl groups is 1. The molecule has 0 aliphatic carbocycles. The zero-order valence-electron chi connectivity index (χ0n) is 19.5. The minimum absolute atomic E-state index is 0.0245. The molecule has 36 heavy (non-hydrogen) atoms. The Morgan fingerprint density at radius 1 is 1.22 bits per heavy atom. The molecule has 0 fully saturated rings. The Bertz CT molecular complexity index is 1410. The van der Waals surface area contributed by atoms with E-state index >= 15 is 0 Å². The van der Waals surface area contributed by atoms with E-state index in [0.717, 1.165) is 12.3 Å². The number of nitrogens with zero attached hydrogens (tertiary/aromatic N) is 2. The molecule has 4 rings (SSSR count). The van der Waals surface area contributed by atoms with Crippen molar-refractivity contribution in [3.05, 3.63) is 63.7 Å². The number of carbonyl (C=O) groups is 2. The SMILES string of the molecule is CC(C)(C)OC(=O)CNC(=O)c1c(O)c2cccc3c2n(c1=O)CC(c1ccc(C(F)(F)F)nc1)S3. The molecule has 0 bridgehead atoms. The lowest BCUT2D eigenvalue weighted by molar-refractivity contribution is -0.153. The molecule has 0 spiro atoms. The fourth-order valence-corrected chi connectivity index (χ4v) is 5.14. The maximum atomic E-state index is 13.4. The van der Waals surface area contributed by atoms with Gasteiger partial charge in [-0.2, -0.15) is 13.2 Å². The molecule has 0 saturated heterocycles. The molecule has 0 radical (unpaired) electrons. The van der Waals surface area contributed by atoms with Crippen LogP contribution in [0.15, 0.2) is 46.2 Å². The number of amides is 1. The largest absolute Gasteiger partial charge is 0.506 e. The van der Waals surface area contributed by atoms with E-state index in [-0.39, 0.29) is 11.9 Å². The predicted octanol–water partition coefficient (Wildman–Crippen LogP) is 4.04. The van der Waals surface area contributed by atoms with Crippen LogP contribution >= 0.6 is 11.8 Å². The van der Waals surface area contributed by atoms with Crippen molar-refractivity contribution < 1.29 is 32.6 Å². The number of rotatable bonds is 4. The Kier molecular flexibility index (Phi) is 6.50. The Balaban J connectivity index is 1.69. The normalized spacial score (nSPS) is 15.6. The number of hydrogen-bond donors (Lipinski definition) is 2. The van der Waals surface area contributed by atoms with Crippen LogP contribution in [0.1, 0.15) is 47.6 Å². The zero-order valence-corrected chi connectivity index (χ0v) is 20.3. The highest BCUT2D eigenvalue weighted by Gasteiger charge is 2.33. The maximum Gasteiger partial charge on any atom is 0.433 e. The zero-order chi connectivity index (χ0) is 26.4. The van der Waals surface area contributed by atoms with E-state index in [0.29, 0.717) is 16.0 Å². The minimum atomic E-state index is -4.58. The van der Waals surface area contributed by atoms with Gasteiger partial charge >= 0.3 is 12.1 Å². The van der Waals surface area contributed by atoms with Crippen LogP contribution in [0.3, 0.4) is 0 Å². The number of hydrogen-bond acceptors (Lipinski definition) is 7. The topological polar surface area (TPSA) is 111 Å². The molecule has 190 valence electrons. The summed E-state index contributed by atoms with van der Waals surface area (Å²) in [5.74, 6) is -2.19. The van der Waals surface area contributed by atoms with Crippen molar-refractivity contribution in [2.75, 3.05) is 6.54 Å². The average molecular weight is 522 g/mol. The molecule has 1 unspecified atom stereocenters. The van der Waals surface area contributed by atoms with Crippen LogP contribution in [-0.2, 0) is 22.3 Å². The molecule has 1 aliphatic heterocycles. The number of pyridine rings is 2. The Hall–Kier alpha value is -3.54. The summed E-state index contributed by atoms with van der Waals surface area (Å²) in [6.45, 7) is 4.51. The van der Waals surface area contributed by atoms with Crippen molar-refractivity contribution in [2.45, 2.75) is 49.2 Å². The minimum Gasteiger partial charge on any atom is -0.506 e. The molecule has 1 aliphatic rings. The molecule has 1 amide bonds. The first kappa shape index (κ1) is 25.5. The van der Waals surface area contributed by atoms with Gasteiger partial charge in [0.25, 0.3) is 11.5 Å². The molecular formula is C24H22F3N3O5S. The predicted molar refractivity (Wildman–Crippen MR) is 126 cm³/mol. The number of esters is 1. The van der Waals surface area contributed by atoms with Crippen LogP contribution in [-0.4, -0.2) is 38.7 Å². The maximum absolute atomic E-state index is 13.4. The molecular weight excluding hydrogens is 499 g/mol. The molecule has 8 nitrogen and oxygen atoms in total. The van der Waals surface area contributed by atoms with Crippen LogP contribution in [0.5, 0.6) is 5.75 Å². The molecule has 0 saturated carbocycles. The number of benzene rings is 1. The van der Waals surface area contributed by atoms with Crippen molar-refractivity contribution in [2.24, 2.45) is 0 Å². The number of ether oxygens (including phenoxy) is 1. The molecule has 12 heteroatoms. The number of carbonyl (C=O) groups excluding carboxylic acids is 2. The van der Waals surface area contributed by atoms with Gasteiger partial charge in [-0.1, -0.05) is 12.1 Å². The molecule has 1 aromatic carbocycles. The lowest BCUT2D eigenvalue weighted by Gasteiger charge is -2.27. The summed E-state index contributed by atoms with van der Waals surface area (Å²) in [6, 6.07) is 7.08. The number of aromatic nitrogens is 2. The van der Waals surface area contributed by atoms with E-state index in [1.165, 1.54) is 22.4 Å². The van der Waals surface area contributed by atoms with Gasteiger partial charge in [-0.25, -0.2) is 0 Å². The first-order chi connectivity index (χ1) is 16.8. The van der Waals surface area contributed by atoms with Crippen LogP contribution in [0.2, 0.25) is 0 Å². The van der Waals surface area contributed by atoms with Gasteiger partial charge in [0, 0.05) is 23.0 Å². The van der Waals surface area contributed by atoms with E-state index in [2.05, 4.69) is 10.3 Å². The lowest BCUT2D eigenvalue weighted by atomic mass is 10.1. The van der Waals surface area contributed by atoms with Gasteiger partial charge in [0.1, 0.15) is 29.2 Å². The van der Waals surface area contributed by atoms with E-state index in [9.17, 15) is 32.7 Å². The van der Waals surface area contributed by atoms with Gasteiger partial charge in [0.2, 0.25) is 0 Å². The number of para-hydroxylation sites is 1. The van der Waals surface area contributed by atoms with Crippen LogP contribution in [0, 0.1) is 0 Å². The number of alkyl halides is 3. The molecule has 1 atom stereocenters. The Morgan fingerprint density at radius 3 is 2.56 bits per heavy atom. The second-order valence-electron chi connectivity index (χ2n) is 9.14. The van der Waals surface area contributed by atoms with Gasteiger partial charge in [-0.15, -0.1) is 11.8 Å². The average Bonchev–Trinajstić information content (AvgIpc) is 2.79. The van der Waals surface area contributed by atoms with Gasteiger partial charge < -0.3 is 19.7 Å². The molecule has 3 heterocycles. The van der Waals surface area contributed by atoms with Crippen LogP contribution in [0.25, 0.3) is 10.9 Å². The monoisotopic (exact) mass is 521 g/mol. The number of halogens is 3. The van der Waals surface area contributed by atoms with E-state index in [1.807, 2.05) is 0 Å². The van der Waals surface area contributed by atoms with E-state index in [1.54, 1.807) is 39.0 Å². The van der Waals surface area contributed by atoms with Gasteiger partial charge in [0.15, 0.2) is 0 Å². The summed E-state index contributed by atoms with van der Waals surface area (Å²) in [6.07, 6.45) is -3.46. The third-order valence-corrected chi connectivity index (χ3v) is 6.62. The van der Waals surface area contributed by atoms with E-state index in [4.69, 9.17) is 4.74 Å². The molecule has 2 aromatic heterocycles. The van der Waals surface area contributed by atoms with Gasteiger partial charge in [-0.05, 0) is 44.5 Å². The van der Waals surface area contributed by atoms with Crippen molar-refractivity contribution >= 4 is 34.5 Å². The first-order valence-electron chi connectivity index (χ1n) is 10.8. The van der Waals surface area contributed by atoms with Gasteiger partial charge in [-0.3, -0.25) is 19.4 Å². The highest BCUT2D eigenvalue weighted by atomic mass is 32.2. The van der Waals surface area contributed by atoms with Crippen molar-refractivity contribution in [1.82, 2.24) is 14.9 Å². The summed E-state index contributed by atoms with van der Waals surface area (Å²) >= 11 is 1.31. The summed E-state index contributed by atoms with van der Waals surface area (Å²) in [4.78, 5) is 42.3. The lowest BCUT2D eigenvalue weighted by Crippen LogP contribution is -2.38. The second-order valence-corrected chi connectivity index (χ2v) is 10.4. The highest BCUT2D eigenvalue weighted by Crippen LogP contribution is 2.45. The Labute approximate surface area is 207 Å². The fourth-order valence-electron chi connectivity index (χ4n) is 3.85. The summed E-state index contributed by atoms with van der Waals surface area (Å²) in [5, 5.41) is 12.9. The van der Waals surface area contributed by atoms with Crippen molar-refractivity contribution in [3.8, 4) is 5.75 Å². The van der Waals surface area contributed by atoms with Crippen LogP contribution < -0.4 is 10.9 Å². The summed E-state index contributed by atoms with van der Waals surface area (Å²) in [7, 11) is 0. The van der Waals surface area contributed by atoms with E-state index < -0.39 is 58.0 Å². The van der Waals surface area contributed by atoms with Crippen LogP contribution in [0.4, 0.5) is 13.2 Å². The van der Waals surface area contributed by atoms with Gasteiger partial charge in [0.05, 0.1) is 10.8 Å². The first-order valence-corrected chi connectivity index (χ1v) is 11.7. The second kappa shape index (κ2) is 9.16. The summed E-state index contributed by atoms with van der Waals surface area (Å²) < 4.78 is 45.2. The third kappa shape index (κ3) is 5.03. The molecule has 3 aromatic rings. The quantitative estimate of drug-likeness (QED) is 0.499. The van der Waals surface area contributed by atoms with Crippen molar-refractivity contribution in [3.63, 3.8) is 0 Å². The third-order valence-electron chi connectivity index (χ3n) is 5.33. The Morgan fingerprint density at radius 2 is 1.94 bits per heavy atom. The number of nitrogens with one attached hydrogen (secondary N) is 1. The highest BCUT2D eigenvalue weighted by molar-refractivity contribution is 7.99.